The number of nitrogens with zero attached hydrogens (tertiary/aromatic N) is 3. The maximum Gasteiger partial charge on any atom is 0.217 e. The molecule has 35 heavy (non-hydrogen) atoms. The van der Waals surface area contributed by atoms with E-state index in [2.05, 4.69) is 37.4 Å². The van der Waals surface area contributed by atoms with Gasteiger partial charge in [-0.1, -0.05) is 23.4 Å². The zero-order valence-corrected chi connectivity index (χ0v) is 20.1. The highest BCUT2D eigenvalue weighted by atomic mass is 35.5. The van der Waals surface area contributed by atoms with Crippen LogP contribution in [-0.4, -0.2) is 34.5 Å². The fourth-order valence-electron chi connectivity index (χ4n) is 3.20. The van der Waals surface area contributed by atoms with Gasteiger partial charge < -0.3 is 20.1 Å². The molecule has 0 saturated carbocycles. The smallest absolute Gasteiger partial charge is 0.217 e. The van der Waals surface area contributed by atoms with E-state index in [1.807, 2.05) is 31.2 Å². The Morgan fingerprint density at radius 2 is 1.94 bits per heavy atom. The van der Waals surface area contributed by atoms with E-state index < -0.39 is 0 Å². The Hall–Kier alpha value is -4.35. The molecule has 0 aliphatic heterocycles. The monoisotopic (exact) mass is 487 g/mol. The van der Waals surface area contributed by atoms with Crippen LogP contribution in [0, 0.1) is 18.8 Å². The van der Waals surface area contributed by atoms with Crippen LogP contribution >= 0.6 is 11.6 Å². The van der Waals surface area contributed by atoms with Crippen molar-refractivity contribution in [2.24, 2.45) is 0 Å². The maximum atomic E-state index is 11.1. The first kappa shape index (κ1) is 23.8. The van der Waals surface area contributed by atoms with E-state index in [4.69, 9.17) is 21.1 Å². The highest BCUT2D eigenvalue weighted by Crippen LogP contribution is 2.34. The number of methoxy groups -OCH3 is 1. The van der Waals surface area contributed by atoms with E-state index in [9.17, 15) is 4.79 Å². The summed E-state index contributed by atoms with van der Waals surface area (Å²) in [6, 6.07) is 12.7. The van der Waals surface area contributed by atoms with E-state index in [-0.39, 0.29) is 12.5 Å². The number of carbonyl (C=O) groups is 1. The minimum absolute atomic E-state index is 0.143. The van der Waals surface area contributed by atoms with Gasteiger partial charge in [-0.2, -0.15) is 0 Å². The second kappa shape index (κ2) is 10.7. The molecule has 1 amide bonds. The molecular formula is C26H22ClN5O3. The van der Waals surface area contributed by atoms with Crippen LogP contribution in [0.3, 0.4) is 0 Å². The van der Waals surface area contributed by atoms with Gasteiger partial charge in [-0.15, -0.1) is 0 Å². The lowest BCUT2D eigenvalue weighted by atomic mass is 10.1. The number of carbonyl (C=O) groups excluding carboxylic acids is 1. The third-order valence-corrected chi connectivity index (χ3v) is 5.21. The Balaban J connectivity index is 1.60. The Labute approximate surface area is 207 Å². The number of rotatable bonds is 6. The van der Waals surface area contributed by atoms with Gasteiger partial charge >= 0.3 is 0 Å². The van der Waals surface area contributed by atoms with Crippen molar-refractivity contribution in [3.05, 3.63) is 71.3 Å². The van der Waals surface area contributed by atoms with Gasteiger partial charge in [0.2, 0.25) is 5.91 Å². The molecule has 0 bridgehead atoms. The van der Waals surface area contributed by atoms with E-state index in [1.165, 1.54) is 13.3 Å². The van der Waals surface area contributed by atoms with Gasteiger partial charge in [0.1, 0.15) is 29.4 Å². The Morgan fingerprint density at radius 1 is 1.09 bits per heavy atom. The summed E-state index contributed by atoms with van der Waals surface area (Å²) >= 11 is 6.47. The summed E-state index contributed by atoms with van der Waals surface area (Å²) < 4.78 is 11.3. The number of aromatic nitrogens is 3. The van der Waals surface area contributed by atoms with Gasteiger partial charge in [-0.3, -0.25) is 9.78 Å². The van der Waals surface area contributed by atoms with E-state index in [0.29, 0.717) is 39.2 Å². The fourth-order valence-corrected chi connectivity index (χ4v) is 3.42. The average molecular weight is 488 g/mol. The second-order valence-corrected chi connectivity index (χ2v) is 7.92. The molecule has 0 spiro atoms. The van der Waals surface area contributed by atoms with Crippen LogP contribution in [-0.2, 0) is 4.79 Å². The molecule has 2 N–H and O–H groups in total. The molecule has 0 fully saturated rings. The molecule has 4 aromatic rings. The number of benzene rings is 2. The third-order valence-electron chi connectivity index (χ3n) is 4.91. The number of hydrogen-bond donors (Lipinski definition) is 2. The summed E-state index contributed by atoms with van der Waals surface area (Å²) in [5, 5.41) is 7.11. The van der Waals surface area contributed by atoms with Gasteiger partial charge in [0.05, 0.1) is 36.0 Å². The Bertz CT molecular complexity index is 1450. The van der Waals surface area contributed by atoms with E-state index in [1.54, 1.807) is 31.5 Å². The number of halogens is 1. The number of aryl methyl sites for hydroxylation is 1. The number of hydrogen-bond acceptors (Lipinski definition) is 7. The number of amides is 1. The second-order valence-electron chi connectivity index (χ2n) is 7.51. The number of nitrogens with one attached hydrogen (secondary N) is 2. The molecule has 0 unspecified atom stereocenters. The standard InChI is InChI=1S/C26H22ClN5O3/c1-16-6-8-20(14-29-16)35-24-9-7-19(12-22(24)27)32-26-21-11-18(5-4-10-28-17(2)33)25(34-3)13-23(21)30-15-31-26/h6-9,11-15H,10H2,1-3H3,(H,28,33)(H,30,31,32). The highest BCUT2D eigenvalue weighted by Gasteiger charge is 2.11. The molecule has 9 heteroatoms. The predicted molar refractivity (Wildman–Crippen MR) is 135 cm³/mol. The highest BCUT2D eigenvalue weighted by molar-refractivity contribution is 6.32. The molecule has 0 radical (unpaired) electrons. The molecule has 176 valence electrons. The van der Waals surface area contributed by atoms with Crippen molar-refractivity contribution in [2.75, 3.05) is 19.0 Å². The van der Waals surface area contributed by atoms with Gasteiger partial charge in [-0.25, -0.2) is 9.97 Å². The average Bonchev–Trinajstić information content (AvgIpc) is 2.84. The molecule has 0 atom stereocenters. The van der Waals surface area contributed by atoms with E-state index in [0.717, 1.165) is 16.8 Å². The predicted octanol–water partition coefficient (Wildman–Crippen LogP) is 5.02. The lowest BCUT2D eigenvalue weighted by Gasteiger charge is -2.12. The van der Waals surface area contributed by atoms with Crippen LogP contribution in [0.25, 0.3) is 10.9 Å². The number of fused-ring (bicyclic) bond motifs is 1. The van der Waals surface area contributed by atoms with Crippen molar-refractivity contribution >= 4 is 39.9 Å². The molecule has 2 aromatic carbocycles. The number of anilines is 2. The minimum Gasteiger partial charge on any atom is -0.495 e. The largest absolute Gasteiger partial charge is 0.495 e. The van der Waals surface area contributed by atoms with Crippen molar-refractivity contribution in [3.63, 3.8) is 0 Å². The van der Waals surface area contributed by atoms with Gasteiger partial charge in [0.25, 0.3) is 0 Å². The Morgan fingerprint density at radius 3 is 2.66 bits per heavy atom. The van der Waals surface area contributed by atoms with Gasteiger partial charge in [0, 0.05) is 29.8 Å². The minimum atomic E-state index is -0.143. The molecule has 0 aliphatic rings. The third kappa shape index (κ3) is 5.96. The maximum absolute atomic E-state index is 11.1. The quantitative estimate of drug-likeness (QED) is 0.368. The van der Waals surface area contributed by atoms with Crippen molar-refractivity contribution in [2.45, 2.75) is 13.8 Å². The molecule has 2 heterocycles. The SMILES string of the molecule is COc1cc2ncnc(Nc3ccc(Oc4ccc(C)nc4)c(Cl)c3)c2cc1C#CCNC(C)=O. The first-order valence-corrected chi connectivity index (χ1v) is 11.0. The van der Waals surface area contributed by atoms with Crippen LogP contribution in [0.2, 0.25) is 5.02 Å². The molecule has 0 saturated heterocycles. The lowest BCUT2D eigenvalue weighted by Crippen LogP contribution is -2.19. The van der Waals surface area contributed by atoms with Crippen molar-refractivity contribution in [1.29, 1.82) is 0 Å². The van der Waals surface area contributed by atoms with Crippen LogP contribution in [0.15, 0.2) is 55.0 Å². The number of ether oxygens (including phenoxy) is 2. The molecule has 4 rings (SSSR count). The van der Waals surface area contributed by atoms with Crippen LogP contribution in [0.4, 0.5) is 11.5 Å². The molecule has 2 aromatic heterocycles. The topological polar surface area (TPSA) is 98.3 Å². The summed E-state index contributed by atoms with van der Waals surface area (Å²) in [6.07, 6.45) is 3.12. The van der Waals surface area contributed by atoms with Crippen molar-refractivity contribution in [1.82, 2.24) is 20.3 Å². The van der Waals surface area contributed by atoms with E-state index >= 15 is 0 Å². The summed E-state index contributed by atoms with van der Waals surface area (Å²) in [7, 11) is 1.57. The zero-order chi connectivity index (χ0) is 24.8. The fraction of sp³-hybridized carbons (Fsp3) is 0.154. The van der Waals surface area contributed by atoms with Gasteiger partial charge in [-0.05, 0) is 43.3 Å². The van der Waals surface area contributed by atoms with Crippen molar-refractivity contribution < 1.29 is 14.3 Å². The van der Waals surface area contributed by atoms with Crippen LogP contribution in [0.5, 0.6) is 17.2 Å². The lowest BCUT2D eigenvalue weighted by molar-refractivity contribution is -0.118. The zero-order valence-electron chi connectivity index (χ0n) is 19.3. The van der Waals surface area contributed by atoms with Crippen molar-refractivity contribution in [3.8, 4) is 29.1 Å². The Kier molecular flexibility index (Phi) is 7.29. The summed E-state index contributed by atoms with van der Waals surface area (Å²) in [6.45, 7) is 3.59. The first-order valence-electron chi connectivity index (χ1n) is 10.7. The van der Waals surface area contributed by atoms with Gasteiger partial charge in [0.15, 0.2) is 0 Å². The van der Waals surface area contributed by atoms with Crippen LogP contribution < -0.4 is 20.1 Å². The normalized spacial score (nSPS) is 10.3. The summed E-state index contributed by atoms with van der Waals surface area (Å²) in [5.41, 5.74) is 2.96. The van der Waals surface area contributed by atoms with Crippen LogP contribution in [0.1, 0.15) is 18.2 Å². The molecule has 8 nitrogen and oxygen atoms in total. The summed E-state index contributed by atoms with van der Waals surface area (Å²) in [4.78, 5) is 24.0. The molecular weight excluding hydrogens is 466 g/mol. The molecule has 0 aliphatic carbocycles. The number of pyridine rings is 1. The first-order chi connectivity index (χ1) is 16.9. The summed E-state index contributed by atoms with van der Waals surface area (Å²) in [5.74, 6) is 8.07.